The van der Waals surface area contributed by atoms with Crippen LogP contribution in [0.25, 0.3) is 0 Å². The number of hydrogen-bond acceptors (Lipinski definition) is 2. The fourth-order valence-corrected chi connectivity index (χ4v) is 2.26. The van der Waals surface area contributed by atoms with E-state index in [1.165, 1.54) is 5.56 Å². The molecule has 0 radical (unpaired) electrons. The Morgan fingerprint density at radius 1 is 1.10 bits per heavy atom. The molecule has 0 unspecified atom stereocenters. The molecular weight excluding hydrogens is 262 g/mol. The van der Waals surface area contributed by atoms with Crippen LogP contribution in [-0.4, -0.2) is 13.0 Å². The van der Waals surface area contributed by atoms with Crippen molar-refractivity contribution in [3.63, 3.8) is 0 Å². The third kappa shape index (κ3) is 3.85. The van der Waals surface area contributed by atoms with Gasteiger partial charge < -0.3 is 10.1 Å². The molecule has 2 aromatic carbocycles. The van der Waals surface area contributed by atoms with Gasteiger partial charge in [0.2, 0.25) is 5.91 Å². The molecule has 0 saturated carbocycles. The highest BCUT2D eigenvalue weighted by Crippen LogP contribution is 2.20. The standard InChI is InChI=1S/C18H21NO2/c1-13-7-6-9-16(14(13)2)19-18(20)12-11-15-8-4-5-10-17(15)21-3/h4-10H,11-12H2,1-3H3,(H,19,20). The second kappa shape index (κ2) is 6.93. The van der Waals surface area contributed by atoms with Crippen LogP contribution >= 0.6 is 0 Å². The van der Waals surface area contributed by atoms with Crippen LogP contribution < -0.4 is 10.1 Å². The zero-order valence-electron chi connectivity index (χ0n) is 12.8. The first-order valence-electron chi connectivity index (χ1n) is 7.09. The van der Waals surface area contributed by atoms with E-state index >= 15 is 0 Å². The Morgan fingerprint density at radius 3 is 2.62 bits per heavy atom. The molecule has 0 spiro atoms. The minimum atomic E-state index is 0.0228. The van der Waals surface area contributed by atoms with E-state index in [4.69, 9.17) is 4.74 Å². The number of hydrogen-bond donors (Lipinski definition) is 1. The van der Waals surface area contributed by atoms with Gasteiger partial charge in [-0.2, -0.15) is 0 Å². The molecule has 1 amide bonds. The van der Waals surface area contributed by atoms with Crippen LogP contribution in [-0.2, 0) is 11.2 Å². The summed E-state index contributed by atoms with van der Waals surface area (Å²) in [4.78, 5) is 12.1. The van der Waals surface area contributed by atoms with Gasteiger partial charge >= 0.3 is 0 Å². The number of aryl methyl sites for hydroxylation is 2. The SMILES string of the molecule is COc1ccccc1CCC(=O)Nc1cccc(C)c1C. The second-order valence-corrected chi connectivity index (χ2v) is 5.11. The first kappa shape index (κ1) is 15.1. The van der Waals surface area contributed by atoms with Gasteiger partial charge in [0.05, 0.1) is 7.11 Å². The molecule has 0 saturated heterocycles. The van der Waals surface area contributed by atoms with Crippen LogP contribution in [0.2, 0.25) is 0 Å². The molecule has 0 fully saturated rings. The number of methoxy groups -OCH3 is 1. The minimum Gasteiger partial charge on any atom is -0.496 e. The highest BCUT2D eigenvalue weighted by molar-refractivity contribution is 5.91. The summed E-state index contributed by atoms with van der Waals surface area (Å²) in [5.74, 6) is 0.853. The highest BCUT2D eigenvalue weighted by Gasteiger charge is 2.08. The lowest BCUT2D eigenvalue weighted by molar-refractivity contribution is -0.116. The molecule has 0 aromatic heterocycles. The molecule has 2 aromatic rings. The molecule has 110 valence electrons. The number of nitrogens with one attached hydrogen (secondary N) is 1. The van der Waals surface area contributed by atoms with Crippen molar-refractivity contribution in [2.45, 2.75) is 26.7 Å². The maximum absolute atomic E-state index is 12.1. The minimum absolute atomic E-state index is 0.0228. The van der Waals surface area contributed by atoms with Crippen molar-refractivity contribution in [3.8, 4) is 5.75 Å². The van der Waals surface area contributed by atoms with Gasteiger partial charge in [0.1, 0.15) is 5.75 Å². The summed E-state index contributed by atoms with van der Waals surface area (Å²) in [5, 5.41) is 2.98. The van der Waals surface area contributed by atoms with Crippen LogP contribution in [0.4, 0.5) is 5.69 Å². The highest BCUT2D eigenvalue weighted by atomic mass is 16.5. The van der Waals surface area contributed by atoms with Crippen molar-refractivity contribution in [2.75, 3.05) is 12.4 Å². The van der Waals surface area contributed by atoms with Crippen molar-refractivity contribution in [2.24, 2.45) is 0 Å². The Kier molecular flexibility index (Phi) is 4.99. The molecule has 0 aliphatic carbocycles. The molecular formula is C18H21NO2. The average Bonchev–Trinajstić information content (AvgIpc) is 2.50. The fourth-order valence-electron chi connectivity index (χ4n) is 2.26. The van der Waals surface area contributed by atoms with Crippen LogP contribution in [0.15, 0.2) is 42.5 Å². The van der Waals surface area contributed by atoms with E-state index in [0.29, 0.717) is 12.8 Å². The van der Waals surface area contributed by atoms with Gasteiger partial charge in [-0.3, -0.25) is 4.79 Å². The molecule has 2 rings (SSSR count). The van der Waals surface area contributed by atoms with Crippen molar-refractivity contribution < 1.29 is 9.53 Å². The molecule has 21 heavy (non-hydrogen) atoms. The summed E-state index contributed by atoms with van der Waals surface area (Å²) in [5.41, 5.74) is 4.23. The lowest BCUT2D eigenvalue weighted by Gasteiger charge is -2.11. The maximum Gasteiger partial charge on any atom is 0.224 e. The van der Waals surface area contributed by atoms with Crippen LogP contribution in [0, 0.1) is 13.8 Å². The molecule has 0 aliphatic rings. The van der Waals surface area contributed by atoms with Crippen molar-refractivity contribution >= 4 is 11.6 Å². The summed E-state index contributed by atoms with van der Waals surface area (Å²) < 4.78 is 5.30. The summed E-state index contributed by atoms with van der Waals surface area (Å²) >= 11 is 0. The summed E-state index contributed by atoms with van der Waals surface area (Å²) in [6.45, 7) is 4.06. The van der Waals surface area contributed by atoms with Gasteiger partial charge in [0.25, 0.3) is 0 Å². The number of amides is 1. The molecule has 1 N–H and O–H groups in total. The molecule has 0 bridgehead atoms. The third-order valence-electron chi connectivity index (χ3n) is 3.69. The maximum atomic E-state index is 12.1. The molecule has 3 heteroatoms. The predicted octanol–water partition coefficient (Wildman–Crippen LogP) is 3.88. The molecule has 3 nitrogen and oxygen atoms in total. The molecule has 0 aliphatic heterocycles. The van der Waals surface area contributed by atoms with E-state index in [-0.39, 0.29) is 5.91 Å². The van der Waals surface area contributed by atoms with Gasteiger partial charge in [-0.25, -0.2) is 0 Å². The largest absolute Gasteiger partial charge is 0.496 e. The van der Waals surface area contributed by atoms with Crippen molar-refractivity contribution in [1.29, 1.82) is 0 Å². The van der Waals surface area contributed by atoms with Crippen molar-refractivity contribution in [1.82, 2.24) is 0 Å². The zero-order valence-corrected chi connectivity index (χ0v) is 12.8. The molecule has 0 heterocycles. The Hall–Kier alpha value is -2.29. The van der Waals surface area contributed by atoms with E-state index in [0.717, 1.165) is 22.6 Å². The summed E-state index contributed by atoms with van der Waals surface area (Å²) in [6.07, 6.45) is 1.11. The monoisotopic (exact) mass is 283 g/mol. The number of carbonyl (C=O) groups is 1. The Balaban J connectivity index is 1.98. The number of ether oxygens (including phenoxy) is 1. The van der Waals surface area contributed by atoms with E-state index in [1.54, 1.807) is 7.11 Å². The number of anilines is 1. The number of rotatable bonds is 5. The quantitative estimate of drug-likeness (QED) is 0.904. The second-order valence-electron chi connectivity index (χ2n) is 5.11. The van der Waals surface area contributed by atoms with Crippen LogP contribution in [0.3, 0.4) is 0 Å². The fraction of sp³-hybridized carbons (Fsp3) is 0.278. The zero-order chi connectivity index (χ0) is 15.2. The average molecular weight is 283 g/mol. The lowest BCUT2D eigenvalue weighted by atomic mass is 10.1. The van der Waals surface area contributed by atoms with E-state index in [1.807, 2.05) is 56.3 Å². The lowest BCUT2D eigenvalue weighted by Crippen LogP contribution is -2.13. The van der Waals surface area contributed by atoms with Gasteiger partial charge in [-0.05, 0) is 49.1 Å². The Morgan fingerprint density at radius 2 is 1.86 bits per heavy atom. The normalized spacial score (nSPS) is 10.2. The van der Waals surface area contributed by atoms with Gasteiger partial charge in [-0.1, -0.05) is 30.3 Å². The summed E-state index contributed by atoms with van der Waals surface area (Å²) in [7, 11) is 1.65. The third-order valence-corrected chi connectivity index (χ3v) is 3.69. The van der Waals surface area contributed by atoms with E-state index < -0.39 is 0 Å². The topological polar surface area (TPSA) is 38.3 Å². The first-order chi connectivity index (χ1) is 10.1. The number of benzene rings is 2. The smallest absolute Gasteiger partial charge is 0.224 e. The summed E-state index contributed by atoms with van der Waals surface area (Å²) in [6, 6.07) is 13.7. The number of carbonyl (C=O) groups excluding carboxylic acids is 1. The first-order valence-corrected chi connectivity index (χ1v) is 7.09. The van der Waals surface area contributed by atoms with E-state index in [2.05, 4.69) is 5.32 Å². The van der Waals surface area contributed by atoms with Gasteiger partial charge in [0.15, 0.2) is 0 Å². The Bertz CT molecular complexity index is 635. The van der Waals surface area contributed by atoms with Crippen molar-refractivity contribution in [3.05, 3.63) is 59.2 Å². The van der Waals surface area contributed by atoms with E-state index in [9.17, 15) is 4.79 Å². The molecule has 0 atom stereocenters. The van der Waals surface area contributed by atoms with Gasteiger partial charge in [-0.15, -0.1) is 0 Å². The Labute approximate surface area is 126 Å². The van der Waals surface area contributed by atoms with Gasteiger partial charge in [0, 0.05) is 12.1 Å². The van der Waals surface area contributed by atoms with Crippen LogP contribution in [0.1, 0.15) is 23.1 Å². The predicted molar refractivity (Wildman–Crippen MR) is 85.9 cm³/mol. The van der Waals surface area contributed by atoms with Crippen LogP contribution in [0.5, 0.6) is 5.75 Å². The number of para-hydroxylation sites is 1.